The van der Waals surface area contributed by atoms with E-state index in [0.717, 1.165) is 12.2 Å². The highest BCUT2D eigenvalue weighted by molar-refractivity contribution is 7.99. The van der Waals surface area contributed by atoms with Gasteiger partial charge in [0.15, 0.2) is 0 Å². The molecule has 1 amide bonds. The maximum absolute atomic E-state index is 11.5. The minimum atomic E-state index is 0.198. The van der Waals surface area contributed by atoms with E-state index >= 15 is 0 Å². The zero-order valence-electron chi connectivity index (χ0n) is 8.04. The van der Waals surface area contributed by atoms with Crippen molar-refractivity contribution < 1.29 is 9.53 Å². The number of carbonyl (C=O) groups is 1. The second-order valence-corrected chi connectivity index (χ2v) is 4.35. The van der Waals surface area contributed by atoms with Crippen molar-refractivity contribution in [3.63, 3.8) is 0 Å². The van der Waals surface area contributed by atoms with E-state index in [1.807, 2.05) is 11.8 Å². The number of nitrogens with one attached hydrogen (secondary N) is 1. The number of amides is 1. The maximum atomic E-state index is 11.5. The van der Waals surface area contributed by atoms with Crippen LogP contribution in [-0.2, 0) is 9.53 Å². The first-order valence-electron chi connectivity index (χ1n) is 4.69. The Bertz CT molecular complexity index is 158. The summed E-state index contributed by atoms with van der Waals surface area (Å²) in [7, 11) is 1.64. The van der Waals surface area contributed by atoms with Gasteiger partial charge in [-0.25, -0.2) is 0 Å². The zero-order valence-corrected chi connectivity index (χ0v) is 8.86. The third kappa shape index (κ3) is 4.00. The van der Waals surface area contributed by atoms with Crippen LogP contribution in [0, 0.1) is 5.92 Å². The smallest absolute Gasteiger partial charge is 0.224 e. The standard InChI is InChI=1S/C9H17NO2S/c1-12-5-4-10-9(11)8-3-2-6-13-7-8/h8H,2-7H2,1H3,(H,10,11). The molecule has 0 spiro atoms. The maximum Gasteiger partial charge on any atom is 0.224 e. The SMILES string of the molecule is COCCNC(=O)C1CCCSC1. The van der Waals surface area contributed by atoms with E-state index in [1.54, 1.807) is 7.11 Å². The van der Waals surface area contributed by atoms with Crippen LogP contribution >= 0.6 is 11.8 Å². The van der Waals surface area contributed by atoms with Crippen LogP contribution in [0.25, 0.3) is 0 Å². The second-order valence-electron chi connectivity index (χ2n) is 3.20. The molecule has 76 valence electrons. The van der Waals surface area contributed by atoms with Crippen LogP contribution in [0.15, 0.2) is 0 Å². The van der Waals surface area contributed by atoms with Gasteiger partial charge in [-0.3, -0.25) is 4.79 Å². The molecule has 0 aromatic carbocycles. The first-order valence-corrected chi connectivity index (χ1v) is 5.84. The van der Waals surface area contributed by atoms with E-state index in [-0.39, 0.29) is 11.8 Å². The van der Waals surface area contributed by atoms with Crippen molar-refractivity contribution in [3.8, 4) is 0 Å². The summed E-state index contributed by atoms with van der Waals surface area (Å²) in [6, 6.07) is 0. The van der Waals surface area contributed by atoms with Gasteiger partial charge in [-0.05, 0) is 18.6 Å². The van der Waals surface area contributed by atoms with Crippen molar-refractivity contribution in [2.75, 3.05) is 31.8 Å². The van der Waals surface area contributed by atoms with Gasteiger partial charge in [0.25, 0.3) is 0 Å². The molecule has 0 saturated carbocycles. The number of carbonyl (C=O) groups excluding carboxylic acids is 1. The summed E-state index contributed by atoms with van der Waals surface area (Å²) in [6.07, 6.45) is 2.22. The zero-order chi connectivity index (χ0) is 9.52. The van der Waals surface area contributed by atoms with Gasteiger partial charge in [0.1, 0.15) is 0 Å². The largest absolute Gasteiger partial charge is 0.383 e. The summed E-state index contributed by atoms with van der Waals surface area (Å²) in [4.78, 5) is 11.5. The van der Waals surface area contributed by atoms with Crippen LogP contribution in [0.2, 0.25) is 0 Å². The lowest BCUT2D eigenvalue weighted by molar-refractivity contribution is -0.124. The Labute approximate surface area is 83.6 Å². The average Bonchev–Trinajstić information content (AvgIpc) is 2.19. The van der Waals surface area contributed by atoms with Gasteiger partial charge in [0.2, 0.25) is 5.91 Å². The number of rotatable bonds is 4. The van der Waals surface area contributed by atoms with Gasteiger partial charge in [0, 0.05) is 25.3 Å². The minimum absolute atomic E-state index is 0.198. The normalized spacial score (nSPS) is 22.7. The van der Waals surface area contributed by atoms with Gasteiger partial charge in [-0.2, -0.15) is 11.8 Å². The van der Waals surface area contributed by atoms with Crippen molar-refractivity contribution in [1.82, 2.24) is 5.32 Å². The van der Waals surface area contributed by atoms with Crippen LogP contribution in [0.5, 0.6) is 0 Å². The van der Waals surface area contributed by atoms with Crippen LogP contribution in [-0.4, -0.2) is 37.7 Å². The first-order chi connectivity index (χ1) is 6.34. The molecule has 1 fully saturated rings. The molecule has 1 rings (SSSR count). The molecule has 1 unspecified atom stereocenters. The van der Waals surface area contributed by atoms with Crippen molar-refractivity contribution in [2.45, 2.75) is 12.8 Å². The Morgan fingerprint density at radius 1 is 1.69 bits per heavy atom. The molecule has 1 atom stereocenters. The lowest BCUT2D eigenvalue weighted by Crippen LogP contribution is -2.35. The van der Waals surface area contributed by atoms with Crippen molar-refractivity contribution in [3.05, 3.63) is 0 Å². The van der Waals surface area contributed by atoms with E-state index in [9.17, 15) is 4.79 Å². The topological polar surface area (TPSA) is 38.3 Å². The number of ether oxygens (including phenoxy) is 1. The molecule has 1 N–H and O–H groups in total. The average molecular weight is 203 g/mol. The predicted octanol–water partition coefficient (Wildman–Crippen LogP) is 0.892. The van der Waals surface area contributed by atoms with E-state index in [1.165, 1.54) is 12.2 Å². The Morgan fingerprint density at radius 3 is 3.15 bits per heavy atom. The Morgan fingerprint density at radius 2 is 2.54 bits per heavy atom. The number of thioether (sulfide) groups is 1. The third-order valence-electron chi connectivity index (χ3n) is 2.14. The summed E-state index contributed by atoms with van der Waals surface area (Å²) in [6.45, 7) is 1.24. The van der Waals surface area contributed by atoms with Gasteiger partial charge >= 0.3 is 0 Å². The highest BCUT2D eigenvalue weighted by Crippen LogP contribution is 2.22. The van der Waals surface area contributed by atoms with E-state index in [4.69, 9.17) is 4.74 Å². The number of hydrogen-bond acceptors (Lipinski definition) is 3. The summed E-state index contributed by atoms with van der Waals surface area (Å²) < 4.78 is 4.86. The van der Waals surface area contributed by atoms with Crippen LogP contribution in [0.1, 0.15) is 12.8 Å². The van der Waals surface area contributed by atoms with E-state index < -0.39 is 0 Å². The summed E-state index contributed by atoms with van der Waals surface area (Å²) in [5, 5.41) is 2.88. The predicted molar refractivity (Wildman–Crippen MR) is 54.9 cm³/mol. The molecule has 0 aromatic rings. The fourth-order valence-electron chi connectivity index (χ4n) is 1.37. The molecule has 1 aliphatic rings. The highest BCUT2D eigenvalue weighted by atomic mass is 32.2. The molecular formula is C9H17NO2S. The second kappa shape index (κ2) is 6.27. The molecule has 0 radical (unpaired) electrons. The lowest BCUT2D eigenvalue weighted by atomic mass is 10.1. The van der Waals surface area contributed by atoms with Gasteiger partial charge in [0.05, 0.1) is 6.61 Å². The molecule has 1 aliphatic heterocycles. The highest BCUT2D eigenvalue weighted by Gasteiger charge is 2.20. The van der Waals surface area contributed by atoms with Gasteiger partial charge in [-0.15, -0.1) is 0 Å². The lowest BCUT2D eigenvalue weighted by Gasteiger charge is -2.20. The van der Waals surface area contributed by atoms with Crippen molar-refractivity contribution in [2.24, 2.45) is 5.92 Å². The quantitative estimate of drug-likeness (QED) is 0.690. The molecule has 13 heavy (non-hydrogen) atoms. The Hall–Kier alpha value is -0.220. The monoisotopic (exact) mass is 203 g/mol. The van der Waals surface area contributed by atoms with Crippen LogP contribution in [0.4, 0.5) is 0 Å². The van der Waals surface area contributed by atoms with Crippen molar-refractivity contribution in [1.29, 1.82) is 0 Å². The number of methoxy groups -OCH3 is 1. The summed E-state index contributed by atoms with van der Waals surface area (Å²) in [5.74, 6) is 2.63. The molecule has 0 bridgehead atoms. The minimum Gasteiger partial charge on any atom is -0.383 e. The molecular weight excluding hydrogens is 186 g/mol. The fourth-order valence-corrected chi connectivity index (χ4v) is 2.51. The number of hydrogen-bond donors (Lipinski definition) is 1. The van der Waals surface area contributed by atoms with E-state index in [2.05, 4.69) is 5.32 Å². The van der Waals surface area contributed by atoms with Crippen LogP contribution < -0.4 is 5.32 Å². The first kappa shape index (κ1) is 10.9. The van der Waals surface area contributed by atoms with Crippen LogP contribution in [0.3, 0.4) is 0 Å². The molecule has 1 saturated heterocycles. The summed E-state index contributed by atoms with van der Waals surface area (Å²) >= 11 is 1.88. The molecule has 3 nitrogen and oxygen atoms in total. The Kier molecular flexibility index (Phi) is 5.23. The van der Waals surface area contributed by atoms with Gasteiger partial charge in [-0.1, -0.05) is 0 Å². The van der Waals surface area contributed by atoms with Crippen molar-refractivity contribution >= 4 is 17.7 Å². The molecule has 0 aliphatic carbocycles. The third-order valence-corrected chi connectivity index (χ3v) is 3.35. The Balaban J connectivity index is 2.13. The fraction of sp³-hybridized carbons (Fsp3) is 0.889. The summed E-state index contributed by atoms with van der Waals surface area (Å²) in [5.41, 5.74) is 0. The molecule has 1 heterocycles. The molecule has 0 aromatic heterocycles. The van der Waals surface area contributed by atoms with Gasteiger partial charge < -0.3 is 10.1 Å². The molecule has 4 heteroatoms. The van der Waals surface area contributed by atoms with E-state index in [0.29, 0.717) is 13.2 Å².